The summed E-state index contributed by atoms with van der Waals surface area (Å²) in [5.41, 5.74) is 2.70. The molecule has 0 bridgehead atoms. The zero-order valence-electron chi connectivity index (χ0n) is 22.3. The number of aryl methyl sites for hydroxylation is 1. The minimum Gasteiger partial charge on any atom is -0.352 e. The molecule has 0 fully saturated rings. The van der Waals surface area contributed by atoms with Crippen LogP contribution in [0.5, 0.6) is 0 Å². The van der Waals surface area contributed by atoms with Crippen molar-refractivity contribution < 1.29 is 22.8 Å². The Balaban J connectivity index is 1.71. The van der Waals surface area contributed by atoms with Crippen LogP contribution in [0.15, 0.2) is 83.8 Å². The van der Waals surface area contributed by atoms with Gasteiger partial charge in [-0.25, -0.2) is 12.7 Å². The molecule has 1 N–H and O–H groups in total. The molecular weight excluding hydrogens is 514 g/mol. The van der Waals surface area contributed by atoms with Crippen molar-refractivity contribution in [2.45, 2.75) is 57.1 Å². The monoisotopic (exact) mass is 547 g/mol. The summed E-state index contributed by atoms with van der Waals surface area (Å²) < 4.78 is 27.0. The summed E-state index contributed by atoms with van der Waals surface area (Å²) in [6, 6.07) is 21.8. The molecule has 204 valence electrons. The third kappa shape index (κ3) is 6.20. The molecule has 1 heterocycles. The van der Waals surface area contributed by atoms with Crippen LogP contribution in [0, 0.1) is 6.92 Å². The van der Waals surface area contributed by atoms with E-state index in [2.05, 4.69) is 5.32 Å². The maximum atomic E-state index is 13.9. The van der Waals surface area contributed by atoms with E-state index in [1.807, 2.05) is 75.4 Å². The second-order valence-electron chi connectivity index (χ2n) is 9.84. The average molecular weight is 548 g/mol. The van der Waals surface area contributed by atoms with E-state index in [1.54, 1.807) is 6.07 Å². The largest absolute Gasteiger partial charge is 0.352 e. The lowest BCUT2D eigenvalue weighted by atomic mass is 10.0. The Morgan fingerprint density at radius 3 is 2.21 bits per heavy atom. The molecule has 39 heavy (non-hydrogen) atoms. The molecular formula is C30H33N3O5S. The van der Waals surface area contributed by atoms with Gasteiger partial charge in [0.25, 0.3) is 15.9 Å². The van der Waals surface area contributed by atoms with Crippen LogP contribution in [0.2, 0.25) is 0 Å². The van der Waals surface area contributed by atoms with E-state index >= 15 is 0 Å². The van der Waals surface area contributed by atoms with E-state index in [-0.39, 0.29) is 35.4 Å². The highest BCUT2D eigenvalue weighted by Gasteiger charge is 2.43. The molecule has 0 spiro atoms. The first-order valence-corrected chi connectivity index (χ1v) is 14.4. The molecule has 3 aromatic rings. The number of amides is 3. The minimum absolute atomic E-state index is 0.0331. The Morgan fingerprint density at radius 2 is 1.56 bits per heavy atom. The van der Waals surface area contributed by atoms with Crippen LogP contribution >= 0.6 is 0 Å². The van der Waals surface area contributed by atoms with Crippen LogP contribution in [0.4, 0.5) is 0 Å². The van der Waals surface area contributed by atoms with Crippen molar-refractivity contribution >= 4 is 27.7 Å². The number of hydrogen-bond acceptors (Lipinski definition) is 5. The summed E-state index contributed by atoms with van der Waals surface area (Å²) in [5, 5.41) is 2.98. The topological polar surface area (TPSA) is 104 Å². The zero-order chi connectivity index (χ0) is 28.2. The molecule has 0 saturated carbocycles. The molecule has 1 aliphatic rings. The van der Waals surface area contributed by atoms with Gasteiger partial charge in [-0.05, 0) is 43.5 Å². The van der Waals surface area contributed by atoms with Crippen LogP contribution in [-0.2, 0) is 32.6 Å². The van der Waals surface area contributed by atoms with Crippen LogP contribution in [0.1, 0.15) is 47.3 Å². The fourth-order valence-electron chi connectivity index (χ4n) is 4.49. The number of nitrogens with zero attached hydrogens (tertiary/aromatic N) is 2. The van der Waals surface area contributed by atoms with E-state index in [0.717, 1.165) is 16.7 Å². The van der Waals surface area contributed by atoms with Gasteiger partial charge >= 0.3 is 0 Å². The quantitative estimate of drug-likeness (QED) is 0.417. The van der Waals surface area contributed by atoms with Gasteiger partial charge in [-0.1, -0.05) is 79.2 Å². The molecule has 2 atom stereocenters. The van der Waals surface area contributed by atoms with Gasteiger partial charge in [0.05, 0.1) is 5.56 Å². The van der Waals surface area contributed by atoms with Crippen molar-refractivity contribution in [2.75, 3.05) is 6.54 Å². The molecule has 0 saturated heterocycles. The highest BCUT2D eigenvalue weighted by Crippen LogP contribution is 2.30. The summed E-state index contributed by atoms with van der Waals surface area (Å²) in [7, 11) is -4.19. The van der Waals surface area contributed by atoms with Crippen LogP contribution in [-0.4, -0.2) is 54.0 Å². The maximum Gasteiger partial charge on any atom is 0.269 e. The lowest BCUT2D eigenvalue weighted by Gasteiger charge is -2.33. The number of carbonyl (C=O) groups is 3. The number of hydrogen-bond donors (Lipinski definition) is 1. The fraction of sp³-hybridized carbons (Fsp3) is 0.300. The molecule has 0 aliphatic carbocycles. The van der Waals surface area contributed by atoms with Gasteiger partial charge in [0.15, 0.2) is 0 Å². The van der Waals surface area contributed by atoms with Gasteiger partial charge in [-0.15, -0.1) is 0 Å². The highest BCUT2D eigenvalue weighted by atomic mass is 32.2. The van der Waals surface area contributed by atoms with E-state index < -0.39 is 34.4 Å². The van der Waals surface area contributed by atoms with Crippen molar-refractivity contribution in [1.82, 2.24) is 14.5 Å². The van der Waals surface area contributed by atoms with Crippen molar-refractivity contribution in [2.24, 2.45) is 0 Å². The molecule has 0 unspecified atom stereocenters. The van der Waals surface area contributed by atoms with Gasteiger partial charge in [-0.3, -0.25) is 14.4 Å². The van der Waals surface area contributed by atoms with E-state index in [1.165, 1.54) is 23.1 Å². The Labute approximate surface area is 229 Å². The number of sulfonamides is 1. The molecule has 3 amide bonds. The summed E-state index contributed by atoms with van der Waals surface area (Å²) in [5.74, 6) is -1.73. The van der Waals surface area contributed by atoms with Gasteiger partial charge in [-0.2, -0.15) is 0 Å². The second-order valence-corrected chi connectivity index (χ2v) is 11.7. The van der Waals surface area contributed by atoms with Crippen LogP contribution < -0.4 is 5.32 Å². The van der Waals surface area contributed by atoms with Crippen molar-refractivity contribution in [1.29, 1.82) is 0 Å². The predicted molar refractivity (Wildman–Crippen MR) is 148 cm³/mol. The Kier molecular flexibility index (Phi) is 8.50. The first kappa shape index (κ1) is 28.0. The van der Waals surface area contributed by atoms with Crippen LogP contribution in [0.3, 0.4) is 0 Å². The Morgan fingerprint density at radius 1 is 0.923 bits per heavy atom. The summed E-state index contributed by atoms with van der Waals surface area (Å²) in [6.07, 6.45) is 0.927. The number of carbonyl (C=O) groups excluding carboxylic acids is 3. The van der Waals surface area contributed by atoms with Gasteiger partial charge in [0, 0.05) is 19.0 Å². The van der Waals surface area contributed by atoms with Crippen molar-refractivity contribution in [3.8, 4) is 0 Å². The average Bonchev–Trinajstić information content (AvgIpc) is 3.12. The molecule has 4 rings (SSSR count). The number of nitrogens with one attached hydrogen (secondary N) is 1. The Bertz CT molecular complexity index is 1460. The zero-order valence-corrected chi connectivity index (χ0v) is 23.1. The SMILES string of the molecule is CC[C@H](C)NC(=O)[C@H](Cc1ccccc1)N(Cc1ccc(C)cc1)C(=O)CN1C(=O)c2ccccc2S1(=O)=O. The molecule has 0 aromatic heterocycles. The second kappa shape index (κ2) is 11.8. The maximum absolute atomic E-state index is 13.9. The fourth-order valence-corrected chi connectivity index (χ4v) is 6.00. The first-order valence-electron chi connectivity index (χ1n) is 13.0. The van der Waals surface area contributed by atoms with Gasteiger partial charge < -0.3 is 10.2 Å². The van der Waals surface area contributed by atoms with E-state index in [4.69, 9.17) is 0 Å². The molecule has 8 nitrogen and oxygen atoms in total. The lowest BCUT2D eigenvalue weighted by Crippen LogP contribution is -2.54. The summed E-state index contributed by atoms with van der Waals surface area (Å²) in [6.45, 7) is 5.15. The number of rotatable bonds is 10. The van der Waals surface area contributed by atoms with Gasteiger partial charge in [0.2, 0.25) is 11.8 Å². The molecule has 3 aromatic carbocycles. The Hall–Kier alpha value is -3.98. The summed E-state index contributed by atoms with van der Waals surface area (Å²) >= 11 is 0. The normalized spacial score (nSPS) is 15.4. The number of benzene rings is 3. The van der Waals surface area contributed by atoms with E-state index in [0.29, 0.717) is 10.7 Å². The molecule has 0 radical (unpaired) electrons. The molecule has 9 heteroatoms. The standard InChI is InChI=1S/C30H33N3O5S/c1-4-22(3)31-29(35)26(18-23-10-6-5-7-11-23)32(19-24-16-14-21(2)15-17-24)28(34)20-33-30(36)25-12-8-9-13-27(25)39(33,37)38/h5-17,22,26H,4,18-20H2,1-3H3,(H,31,35)/t22-,26-/m0/s1. The predicted octanol–water partition coefficient (Wildman–Crippen LogP) is 3.69. The minimum atomic E-state index is -4.19. The third-order valence-corrected chi connectivity index (χ3v) is 8.72. The van der Waals surface area contributed by atoms with Gasteiger partial charge in [0.1, 0.15) is 17.5 Å². The lowest BCUT2D eigenvalue weighted by molar-refractivity contribution is -0.141. The third-order valence-electron chi connectivity index (χ3n) is 6.94. The van der Waals surface area contributed by atoms with E-state index in [9.17, 15) is 22.8 Å². The number of fused-ring (bicyclic) bond motifs is 1. The molecule has 1 aliphatic heterocycles. The first-order chi connectivity index (χ1) is 18.6. The van der Waals surface area contributed by atoms with Crippen LogP contribution in [0.25, 0.3) is 0 Å². The van der Waals surface area contributed by atoms with Crippen molar-refractivity contribution in [3.05, 3.63) is 101 Å². The van der Waals surface area contributed by atoms with Crippen molar-refractivity contribution in [3.63, 3.8) is 0 Å². The smallest absolute Gasteiger partial charge is 0.269 e. The highest BCUT2D eigenvalue weighted by molar-refractivity contribution is 7.90. The summed E-state index contributed by atoms with van der Waals surface area (Å²) in [4.78, 5) is 41.9.